The zero-order valence-corrected chi connectivity index (χ0v) is 23.7. The molecule has 2 atom stereocenters. The summed E-state index contributed by atoms with van der Waals surface area (Å²) in [6, 6.07) is 18.8. The number of methoxy groups -OCH3 is 1. The van der Waals surface area contributed by atoms with Crippen molar-refractivity contribution in [2.24, 2.45) is 0 Å². The van der Waals surface area contributed by atoms with Gasteiger partial charge in [-0.3, -0.25) is 0 Å². The Bertz CT molecular complexity index is 2150. The normalized spacial score (nSPS) is 17.2. The number of hydrogen-bond acceptors (Lipinski definition) is 6. The molecule has 2 unspecified atom stereocenters. The molecular weight excluding hydrogens is 608 g/mol. The minimum absolute atomic E-state index is 0.0647. The highest BCUT2D eigenvalue weighted by Gasteiger charge is 2.42. The van der Waals surface area contributed by atoms with Crippen LogP contribution in [0.5, 0.6) is 11.5 Å². The fourth-order valence-corrected chi connectivity index (χ4v) is 6.42. The highest BCUT2D eigenvalue weighted by molar-refractivity contribution is 9.10. The van der Waals surface area contributed by atoms with Crippen LogP contribution in [0.1, 0.15) is 17.6 Å². The predicted molar refractivity (Wildman–Crippen MR) is 156 cm³/mol. The third kappa shape index (κ3) is 3.59. The molecule has 0 saturated heterocycles. The average Bonchev–Trinajstić information content (AvgIpc) is 3.41. The average molecular weight is 631 g/mol. The molecular formula is C29H23BrN6O6. The minimum Gasteiger partial charge on any atom is -0.503 e. The van der Waals surface area contributed by atoms with Crippen molar-refractivity contribution in [3.63, 3.8) is 0 Å². The fourth-order valence-electron chi connectivity index (χ4n) is 5.96. The number of hydrogen-bond donors (Lipinski definition) is 1. The van der Waals surface area contributed by atoms with E-state index in [2.05, 4.69) is 15.9 Å². The summed E-state index contributed by atoms with van der Waals surface area (Å²) >= 11 is 3.37. The molecule has 13 heteroatoms. The Hall–Kier alpha value is -5.04. The summed E-state index contributed by atoms with van der Waals surface area (Å²) in [5, 5.41) is 10.5. The number of ether oxygens (including phenoxy) is 1. The molecule has 212 valence electrons. The lowest BCUT2D eigenvalue weighted by atomic mass is 9.90. The lowest BCUT2D eigenvalue weighted by Gasteiger charge is -2.37. The highest BCUT2D eigenvalue weighted by atomic mass is 79.9. The van der Waals surface area contributed by atoms with Crippen LogP contribution in [-0.2, 0) is 13.1 Å². The van der Waals surface area contributed by atoms with E-state index in [1.54, 1.807) is 72.8 Å². The van der Waals surface area contributed by atoms with Crippen LogP contribution in [-0.4, -0.2) is 40.1 Å². The number of phenolic OH excluding ortho intramolecular Hbond substituents is 1. The number of rotatable bonds is 4. The number of halogens is 1. The first-order valence-corrected chi connectivity index (χ1v) is 13.9. The second-order valence-electron chi connectivity index (χ2n) is 10.0. The molecule has 0 fully saturated rings. The van der Waals surface area contributed by atoms with Gasteiger partial charge < -0.3 is 9.84 Å². The predicted octanol–water partition coefficient (Wildman–Crippen LogP) is 2.18. The van der Waals surface area contributed by atoms with Crippen LogP contribution in [0, 0.1) is 0 Å². The van der Waals surface area contributed by atoms with Gasteiger partial charge in [-0.25, -0.2) is 47.0 Å². The Balaban J connectivity index is 1.51. The van der Waals surface area contributed by atoms with Crippen molar-refractivity contribution in [2.45, 2.75) is 25.2 Å². The van der Waals surface area contributed by atoms with Gasteiger partial charge in [-0.05, 0) is 63.5 Å². The number of nitrogens with zero attached hydrogens (tertiary/aromatic N) is 6. The third-order valence-corrected chi connectivity index (χ3v) is 8.42. The standard InChI is InChI=1S/C29H23BrN6O6/c1-42-23-15-17(14-21(30)25(23)37)24-20-12-13-31-26(38)33(18-8-4-2-5-9-18)28(40)35(31)22(20)16-32-27(39)34(29(41)36(24)32)19-10-6-3-7-11-19/h2-12,14-15,22,24,37H,13,16H2,1H3. The lowest BCUT2D eigenvalue weighted by molar-refractivity contribution is 0.245. The maximum absolute atomic E-state index is 14.0. The fraction of sp³-hybridized carbons (Fsp3) is 0.172. The SMILES string of the molecule is COc1cc(C2C3=CCn4c(=O)n(-c5ccccc5)c(=O)n4C3Cn3c(=O)n(-c4ccccc4)c(=O)n32)cc(Br)c1O. The van der Waals surface area contributed by atoms with Gasteiger partial charge in [0.2, 0.25) is 0 Å². The maximum Gasteiger partial charge on any atom is 0.352 e. The van der Waals surface area contributed by atoms with Crippen LogP contribution in [0.4, 0.5) is 0 Å². The molecule has 2 aliphatic rings. The molecule has 0 amide bonds. The summed E-state index contributed by atoms with van der Waals surface area (Å²) < 4.78 is 13.3. The second-order valence-corrected chi connectivity index (χ2v) is 10.9. The smallest absolute Gasteiger partial charge is 0.352 e. The number of aromatic hydroxyl groups is 1. The minimum atomic E-state index is -0.865. The van der Waals surface area contributed by atoms with E-state index >= 15 is 0 Å². The number of aromatic nitrogens is 6. The van der Waals surface area contributed by atoms with Gasteiger partial charge in [0, 0.05) is 0 Å². The van der Waals surface area contributed by atoms with E-state index in [1.165, 1.54) is 25.8 Å². The molecule has 0 radical (unpaired) electrons. The van der Waals surface area contributed by atoms with Crippen molar-refractivity contribution >= 4 is 15.9 Å². The van der Waals surface area contributed by atoms with Gasteiger partial charge in [-0.15, -0.1) is 0 Å². The molecule has 0 saturated carbocycles. The lowest BCUT2D eigenvalue weighted by Crippen LogP contribution is -2.47. The first-order valence-electron chi connectivity index (χ1n) is 13.1. The van der Waals surface area contributed by atoms with E-state index < -0.39 is 34.8 Å². The van der Waals surface area contributed by atoms with Crippen molar-refractivity contribution < 1.29 is 9.84 Å². The van der Waals surface area contributed by atoms with Crippen LogP contribution in [0.2, 0.25) is 0 Å². The number of phenols is 1. The van der Waals surface area contributed by atoms with E-state index in [4.69, 9.17) is 4.74 Å². The first-order chi connectivity index (χ1) is 20.3. The largest absolute Gasteiger partial charge is 0.503 e. The molecule has 2 aliphatic heterocycles. The van der Waals surface area contributed by atoms with Gasteiger partial charge in [0.25, 0.3) is 0 Å². The number of benzene rings is 3. The van der Waals surface area contributed by atoms with E-state index in [9.17, 15) is 24.3 Å². The van der Waals surface area contributed by atoms with Crippen LogP contribution in [0.15, 0.2) is 108 Å². The summed E-state index contributed by atoms with van der Waals surface area (Å²) in [7, 11) is 1.41. The van der Waals surface area contributed by atoms with Gasteiger partial charge in [-0.2, -0.15) is 0 Å². The quantitative estimate of drug-likeness (QED) is 0.303. The summed E-state index contributed by atoms with van der Waals surface area (Å²) in [5.41, 5.74) is -0.237. The number of allylic oxidation sites excluding steroid dienone is 2. The van der Waals surface area contributed by atoms with Crippen LogP contribution >= 0.6 is 15.9 Å². The molecule has 0 aliphatic carbocycles. The van der Waals surface area contributed by atoms with E-state index in [1.807, 2.05) is 6.08 Å². The zero-order chi connectivity index (χ0) is 29.3. The Morgan fingerprint density at radius 3 is 1.95 bits per heavy atom. The van der Waals surface area contributed by atoms with Gasteiger partial charge in [-0.1, -0.05) is 42.5 Å². The van der Waals surface area contributed by atoms with Crippen LogP contribution in [0.3, 0.4) is 0 Å². The molecule has 1 N–H and O–H groups in total. The van der Waals surface area contributed by atoms with Gasteiger partial charge in [0.05, 0.1) is 42.1 Å². The maximum atomic E-state index is 14.0. The van der Waals surface area contributed by atoms with Gasteiger partial charge in [0.1, 0.15) is 6.04 Å². The summed E-state index contributed by atoms with van der Waals surface area (Å²) in [4.78, 5) is 55.2. The molecule has 2 aromatic heterocycles. The Labute approximate surface area is 244 Å². The molecule has 4 heterocycles. The van der Waals surface area contributed by atoms with Crippen molar-refractivity contribution in [3.05, 3.63) is 136 Å². The molecule has 0 bridgehead atoms. The molecule has 42 heavy (non-hydrogen) atoms. The van der Waals surface area contributed by atoms with Crippen LogP contribution in [0.25, 0.3) is 11.4 Å². The number of para-hydroxylation sites is 2. The summed E-state index contributed by atoms with van der Waals surface area (Å²) in [5.74, 6) is 0.0365. The van der Waals surface area contributed by atoms with E-state index in [0.717, 1.165) is 9.13 Å². The Morgan fingerprint density at radius 1 is 0.786 bits per heavy atom. The van der Waals surface area contributed by atoms with Crippen LogP contribution < -0.4 is 27.5 Å². The second kappa shape index (κ2) is 9.52. The van der Waals surface area contributed by atoms with Gasteiger partial charge >= 0.3 is 22.8 Å². The Morgan fingerprint density at radius 2 is 1.36 bits per heavy atom. The summed E-state index contributed by atoms with van der Waals surface area (Å²) in [6.45, 7) is 0.00971. The monoisotopic (exact) mass is 630 g/mol. The van der Waals surface area contributed by atoms with Crippen molar-refractivity contribution in [1.82, 2.24) is 27.9 Å². The first kappa shape index (κ1) is 25.9. The molecule has 12 nitrogen and oxygen atoms in total. The van der Waals surface area contributed by atoms with Gasteiger partial charge in [0.15, 0.2) is 11.5 Å². The van der Waals surface area contributed by atoms with Crippen molar-refractivity contribution in [2.75, 3.05) is 7.11 Å². The van der Waals surface area contributed by atoms with E-state index in [0.29, 0.717) is 27.0 Å². The van der Waals surface area contributed by atoms with E-state index in [-0.39, 0.29) is 24.6 Å². The molecule has 5 aromatic rings. The van der Waals surface area contributed by atoms with Crippen molar-refractivity contribution in [1.29, 1.82) is 0 Å². The zero-order valence-electron chi connectivity index (χ0n) is 22.1. The molecule has 0 spiro atoms. The Kier molecular flexibility index (Phi) is 5.87. The molecule has 7 rings (SSSR count). The summed E-state index contributed by atoms with van der Waals surface area (Å²) in [6.07, 6.45) is 1.82. The van der Waals surface area contributed by atoms with Crippen molar-refractivity contribution in [3.8, 4) is 22.9 Å². The third-order valence-electron chi connectivity index (χ3n) is 7.82. The topological polar surface area (TPSA) is 127 Å². The highest BCUT2D eigenvalue weighted by Crippen LogP contribution is 2.43. The molecule has 3 aromatic carbocycles. The number of fused-ring (bicyclic) bond motifs is 4.